The molecule has 0 unspecified atom stereocenters. The second kappa shape index (κ2) is 7.91. The van der Waals surface area contributed by atoms with Crippen molar-refractivity contribution in [2.75, 3.05) is 30.9 Å². The minimum Gasteiger partial charge on any atom is -0.383 e. The average Bonchev–Trinajstić information content (AvgIpc) is 2.51. The standard InChI is InChI=1S/C13H13Cl2N5O3/c1-23-5-4-16-12-11(20(21)22)13(18-7-17-12)19-10-6-8(14)2-3-9(10)15/h2-3,6-7H,4-5H2,1H3,(H2,16,17,18,19). The zero-order chi connectivity index (χ0) is 16.8. The van der Waals surface area contributed by atoms with Crippen LogP contribution in [0.1, 0.15) is 0 Å². The molecular formula is C13H13Cl2N5O3. The van der Waals surface area contributed by atoms with Gasteiger partial charge in [-0.15, -0.1) is 0 Å². The molecule has 2 rings (SSSR count). The fraction of sp³-hybridized carbons (Fsp3) is 0.231. The van der Waals surface area contributed by atoms with E-state index in [1.54, 1.807) is 18.2 Å². The maximum Gasteiger partial charge on any atom is 0.353 e. The fourth-order valence-electron chi connectivity index (χ4n) is 1.76. The summed E-state index contributed by atoms with van der Waals surface area (Å²) in [4.78, 5) is 18.6. The van der Waals surface area contributed by atoms with Crippen molar-refractivity contribution in [1.29, 1.82) is 0 Å². The molecule has 2 aromatic rings. The van der Waals surface area contributed by atoms with Gasteiger partial charge in [0.1, 0.15) is 6.33 Å². The van der Waals surface area contributed by atoms with E-state index in [4.69, 9.17) is 27.9 Å². The minimum absolute atomic E-state index is 0.00841. The monoisotopic (exact) mass is 357 g/mol. The summed E-state index contributed by atoms with van der Waals surface area (Å²) in [7, 11) is 1.53. The summed E-state index contributed by atoms with van der Waals surface area (Å²) < 4.78 is 4.90. The molecule has 0 fully saturated rings. The molecule has 2 N–H and O–H groups in total. The summed E-state index contributed by atoms with van der Waals surface area (Å²) in [5.41, 5.74) is 0.114. The van der Waals surface area contributed by atoms with Crippen molar-refractivity contribution in [2.24, 2.45) is 0 Å². The Hall–Kier alpha value is -2.16. The van der Waals surface area contributed by atoms with Gasteiger partial charge in [0.25, 0.3) is 0 Å². The smallest absolute Gasteiger partial charge is 0.353 e. The summed E-state index contributed by atoms with van der Waals surface area (Å²) in [6, 6.07) is 4.74. The van der Waals surface area contributed by atoms with Gasteiger partial charge in [-0.25, -0.2) is 9.97 Å². The van der Waals surface area contributed by atoms with E-state index in [9.17, 15) is 10.1 Å². The number of nitro groups is 1. The van der Waals surface area contributed by atoms with Crippen LogP contribution in [0.5, 0.6) is 0 Å². The highest BCUT2D eigenvalue weighted by molar-refractivity contribution is 6.35. The number of hydrogen-bond donors (Lipinski definition) is 2. The number of ether oxygens (including phenoxy) is 1. The molecule has 0 atom stereocenters. The van der Waals surface area contributed by atoms with Crippen LogP contribution in [-0.4, -0.2) is 35.2 Å². The minimum atomic E-state index is -0.573. The van der Waals surface area contributed by atoms with E-state index >= 15 is 0 Å². The van der Waals surface area contributed by atoms with E-state index in [2.05, 4.69) is 20.6 Å². The Morgan fingerprint density at radius 1 is 1.30 bits per heavy atom. The number of benzene rings is 1. The molecule has 0 aliphatic heterocycles. The molecule has 10 heteroatoms. The number of nitrogens with zero attached hydrogens (tertiary/aromatic N) is 3. The van der Waals surface area contributed by atoms with Crippen LogP contribution in [0.2, 0.25) is 10.0 Å². The first kappa shape index (κ1) is 17.2. The highest BCUT2D eigenvalue weighted by Crippen LogP contribution is 2.34. The number of halogens is 2. The van der Waals surface area contributed by atoms with Gasteiger partial charge in [0.15, 0.2) is 0 Å². The van der Waals surface area contributed by atoms with Crippen molar-refractivity contribution in [3.05, 3.63) is 44.7 Å². The van der Waals surface area contributed by atoms with Gasteiger partial charge in [-0.2, -0.15) is 0 Å². The Morgan fingerprint density at radius 3 is 2.74 bits per heavy atom. The number of methoxy groups -OCH3 is 1. The van der Waals surface area contributed by atoms with Crippen LogP contribution in [0.25, 0.3) is 0 Å². The maximum absolute atomic E-state index is 11.4. The summed E-state index contributed by atoms with van der Waals surface area (Å²) in [6.45, 7) is 0.746. The van der Waals surface area contributed by atoms with Crippen LogP contribution in [0.3, 0.4) is 0 Å². The van der Waals surface area contributed by atoms with Crippen LogP contribution in [0, 0.1) is 10.1 Å². The molecule has 0 bridgehead atoms. The van der Waals surface area contributed by atoms with Gasteiger partial charge >= 0.3 is 5.69 Å². The Labute approximate surface area is 141 Å². The van der Waals surface area contributed by atoms with Crippen molar-refractivity contribution in [2.45, 2.75) is 0 Å². The lowest BCUT2D eigenvalue weighted by atomic mass is 10.3. The Balaban J connectivity index is 2.35. The normalized spacial score (nSPS) is 10.4. The third-order valence-corrected chi connectivity index (χ3v) is 3.35. The van der Waals surface area contributed by atoms with Gasteiger partial charge in [-0.3, -0.25) is 10.1 Å². The second-order valence-electron chi connectivity index (χ2n) is 4.35. The first-order valence-electron chi connectivity index (χ1n) is 6.47. The van der Waals surface area contributed by atoms with Gasteiger partial charge in [0.2, 0.25) is 11.6 Å². The number of rotatable bonds is 7. The molecule has 0 saturated carbocycles. The van der Waals surface area contributed by atoms with Crippen molar-refractivity contribution >= 4 is 46.2 Å². The number of nitrogens with one attached hydrogen (secondary N) is 2. The molecular weight excluding hydrogens is 345 g/mol. The highest BCUT2D eigenvalue weighted by Gasteiger charge is 2.23. The van der Waals surface area contributed by atoms with Crippen molar-refractivity contribution in [3.63, 3.8) is 0 Å². The molecule has 0 saturated heterocycles. The zero-order valence-corrected chi connectivity index (χ0v) is 13.6. The molecule has 0 aliphatic carbocycles. The Bertz CT molecular complexity index is 714. The van der Waals surface area contributed by atoms with E-state index in [1.165, 1.54) is 13.4 Å². The molecule has 1 aromatic heterocycles. The van der Waals surface area contributed by atoms with E-state index in [-0.39, 0.29) is 17.3 Å². The van der Waals surface area contributed by atoms with Gasteiger partial charge in [0.05, 0.1) is 22.2 Å². The van der Waals surface area contributed by atoms with Crippen molar-refractivity contribution in [1.82, 2.24) is 9.97 Å². The number of aromatic nitrogens is 2. The largest absolute Gasteiger partial charge is 0.383 e. The third-order valence-electron chi connectivity index (χ3n) is 2.78. The average molecular weight is 358 g/mol. The molecule has 23 heavy (non-hydrogen) atoms. The lowest BCUT2D eigenvalue weighted by molar-refractivity contribution is -0.383. The van der Waals surface area contributed by atoms with E-state index in [0.29, 0.717) is 28.9 Å². The summed E-state index contributed by atoms with van der Waals surface area (Å²) in [6.07, 6.45) is 1.21. The van der Waals surface area contributed by atoms with Crippen molar-refractivity contribution in [3.8, 4) is 0 Å². The zero-order valence-electron chi connectivity index (χ0n) is 12.0. The van der Waals surface area contributed by atoms with Crippen LogP contribution in [-0.2, 0) is 4.74 Å². The van der Waals surface area contributed by atoms with Gasteiger partial charge in [-0.05, 0) is 18.2 Å². The Kier molecular flexibility index (Phi) is 5.91. The van der Waals surface area contributed by atoms with Crippen LogP contribution in [0.4, 0.5) is 23.0 Å². The van der Waals surface area contributed by atoms with Crippen molar-refractivity contribution < 1.29 is 9.66 Å². The maximum atomic E-state index is 11.4. The van der Waals surface area contributed by atoms with Crippen LogP contribution >= 0.6 is 23.2 Å². The van der Waals surface area contributed by atoms with Crippen LogP contribution < -0.4 is 10.6 Å². The molecule has 0 amide bonds. The number of hydrogen-bond acceptors (Lipinski definition) is 7. The first-order chi connectivity index (χ1) is 11.0. The molecule has 0 radical (unpaired) electrons. The molecule has 122 valence electrons. The predicted octanol–water partition coefficient (Wildman–Crippen LogP) is 3.49. The van der Waals surface area contributed by atoms with E-state index < -0.39 is 4.92 Å². The topological polar surface area (TPSA) is 102 Å². The predicted molar refractivity (Wildman–Crippen MR) is 88.8 cm³/mol. The van der Waals surface area contributed by atoms with E-state index in [0.717, 1.165) is 0 Å². The lowest BCUT2D eigenvalue weighted by Crippen LogP contribution is -2.12. The first-order valence-corrected chi connectivity index (χ1v) is 7.22. The lowest BCUT2D eigenvalue weighted by Gasteiger charge is -2.11. The molecule has 0 spiro atoms. The molecule has 0 aliphatic rings. The summed E-state index contributed by atoms with van der Waals surface area (Å²) in [5, 5.41) is 17.8. The second-order valence-corrected chi connectivity index (χ2v) is 5.19. The Morgan fingerprint density at radius 2 is 2.04 bits per heavy atom. The van der Waals surface area contributed by atoms with E-state index in [1.807, 2.05) is 0 Å². The highest BCUT2D eigenvalue weighted by atomic mass is 35.5. The quantitative estimate of drug-likeness (QED) is 0.444. The molecule has 8 nitrogen and oxygen atoms in total. The number of anilines is 3. The van der Waals surface area contributed by atoms with Gasteiger partial charge < -0.3 is 15.4 Å². The van der Waals surface area contributed by atoms with Crippen LogP contribution in [0.15, 0.2) is 24.5 Å². The summed E-state index contributed by atoms with van der Waals surface area (Å²) in [5.74, 6) is 0.0942. The summed E-state index contributed by atoms with van der Waals surface area (Å²) >= 11 is 12.0. The molecule has 1 aromatic carbocycles. The third kappa shape index (κ3) is 4.41. The SMILES string of the molecule is COCCNc1ncnc(Nc2cc(Cl)ccc2Cl)c1[N+](=O)[O-]. The molecule has 1 heterocycles. The van der Waals surface area contributed by atoms with Gasteiger partial charge in [0, 0.05) is 18.7 Å². The fourth-order valence-corrected chi connectivity index (χ4v) is 2.10. The van der Waals surface area contributed by atoms with Gasteiger partial charge in [-0.1, -0.05) is 23.2 Å².